The van der Waals surface area contributed by atoms with Crippen molar-refractivity contribution in [3.05, 3.63) is 29.6 Å². The van der Waals surface area contributed by atoms with Gasteiger partial charge in [0, 0.05) is 26.1 Å². The van der Waals surface area contributed by atoms with Crippen LogP contribution in [-0.4, -0.2) is 41.5 Å². The highest BCUT2D eigenvalue weighted by atomic mass is 19.1. The fourth-order valence-electron chi connectivity index (χ4n) is 2.13. The number of nitrogens with one attached hydrogen (secondary N) is 1. The maximum Gasteiger partial charge on any atom is 0.258 e. The number of hydrogen-bond donors (Lipinski definition) is 2. The number of piperidine rings is 1. The van der Waals surface area contributed by atoms with Crippen molar-refractivity contribution in [1.82, 2.24) is 10.2 Å². The summed E-state index contributed by atoms with van der Waals surface area (Å²) in [4.78, 5) is 24.8. The second-order valence-corrected chi connectivity index (χ2v) is 4.62. The number of rotatable bonds is 2. The Morgan fingerprint density at radius 3 is 2.89 bits per heavy atom. The first-order chi connectivity index (χ1) is 8.99. The number of likely N-dealkylation sites (N-methyl/N-ethyl adjacent to an activating group) is 1. The molecule has 1 fully saturated rings. The molecule has 1 aromatic rings. The zero-order chi connectivity index (χ0) is 14.0. The number of phenols is 1. The Bertz CT molecular complexity index is 498. The Morgan fingerprint density at radius 1 is 1.53 bits per heavy atom. The first-order valence-electron chi connectivity index (χ1n) is 6.01. The average Bonchev–Trinajstić information content (AvgIpc) is 2.33. The molecule has 2 N–H and O–H groups in total. The lowest BCUT2D eigenvalue weighted by Gasteiger charge is -2.30. The van der Waals surface area contributed by atoms with E-state index in [1.807, 2.05) is 0 Å². The Morgan fingerprint density at radius 2 is 2.26 bits per heavy atom. The van der Waals surface area contributed by atoms with Crippen molar-refractivity contribution in [2.45, 2.75) is 18.9 Å². The number of likely N-dealkylation sites (tertiary alicyclic amines) is 1. The van der Waals surface area contributed by atoms with Crippen LogP contribution in [0.15, 0.2) is 18.2 Å². The van der Waals surface area contributed by atoms with E-state index in [0.29, 0.717) is 19.4 Å². The normalized spacial score (nSPS) is 19.4. The number of hydrogen-bond acceptors (Lipinski definition) is 3. The van der Waals surface area contributed by atoms with Crippen molar-refractivity contribution in [2.75, 3.05) is 13.6 Å². The van der Waals surface area contributed by atoms with Gasteiger partial charge in [0.1, 0.15) is 17.1 Å². The van der Waals surface area contributed by atoms with Gasteiger partial charge in [-0.05, 0) is 18.6 Å². The number of benzene rings is 1. The van der Waals surface area contributed by atoms with Gasteiger partial charge in [-0.3, -0.25) is 9.59 Å². The third-order valence-corrected chi connectivity index (χ3v) is 3.18. The fraction of sp³-hybridized carbons (Fsp3) is 0.385. The van der Waals surface area contributed by atoms with Gasteiger partial charge in [-0.1, -0.05) is 6.07 Å². The van der Waals surface area contributed by atoms with Crippen LogP contribution in [0, 0.1) is 5.82 Å². The van der Waals surface area contributed by atoms with E-state index >= 15 is 0 Å². The molecular formula is C13H15FN2O3. The summed E-state index contributed by atoms with van der Waals surface area (Å²) < 4.78 is 13.5. The van der Waals surface area contributed by atoms with E-state index in [2.05, 4.69) is 5.32 Å². The van der Waals surface area contributed by atoms with Crippen molar-refractivity contribution in [3.63, 3.8) is 0 Å². The van der Waals surface area contributed by atoms with Crippen molar-refractivity contribution in [2.24, 2.45) is 0 Å². The molecule has 1 unspecified atom stereocenters. The minimum absolute atomic E-state index is 0.0271. The number of aromatic hydroxyl groups is 1. The van der Waals surface area contributed by atoms with Crippen LogP contribution in [0.25, 0.3) is 0 Å². The van der Waals surface area contributed by atoms with E-state index in [1.165, 1.54) is 17.0 Å². The summed E-state index contributed by atoms with van der Waals surface area (Å²) in [6, 6.07) is 3.47. The average molecular weight is 266 g/mol. The van der Waals surface area contributed by atoms with Crippen molar-refractivity contribution in [1.29, 1.82) is 0 Å². The van der Waals surface area contributed by atoms with Crippen molar-refractivity contribution >= 4 is 11.8 Å². The molecule has 2 rings (SSSR count). The molecule has 1 aromatic carbocycles. The molecule has 0 bridgehead atoms. The quantitative estimate of drug-likeness (QED) is 0.835. The topological polar surface area (TPSA) is 69.6 Å². The number of carbonyl (C=O) groups is 2. The van der Waals surface area contributed by atoms with Crippen LogP contribution >= 0.6 is 0 Å². The molecule has 1 aliphatic heterocycles. The van der Waals surface area contributed by atoms with Crippen LogP contribution in [0.4, 0.5) is 4.39 Å². The Kier molecular flexibility index (Phi) is 3.69. The summed E-state index contributed by atoms with van der Waals surface area (Å²) in [5, 5.41) is 12.2. The maximum absolute atomic E-state index is 13.5. The zero-order valence-corrected chi connectivity index (χ0v) is 10.5. The number of nitrogens with zero attached hydrogens (tertiary/aromatic N) is 1. The van der Waals surface area contributed by atoms with Crippen LogP contribution in [0.2, 0.25) is 0 Å². The molecule has 0 spiro atoms. The van der Waals surface area contributed by atoms with Gasteiger partial charge in [-0.25, -0.2) is 4.39 Å². The van der Waals surface area contributed by atoms with Gasteiger partial charge < -0.3 is 15.3 Å². The molecule has 1 aliphatic rings. The number of amides is 2. The summed E-state index contributed by atoms with van der Waals surface area (Å²) in [6.07, 6.45) is 0.870. The highest BCUT2D eigenvalue weighted by molar-refractivity contribution is 5.97. The second-order valence-electron chi connectivity index (χ2n) is 4.62. The van der Waals surface area contributed by atoms with Crippen molar-refractivity contribution < 1.29 is 19.1 Å². The van der Waals surface area contributed by atoms with Gasteiger partial charge in [0.15, 0.2) is 0 Å². The van der Waals surface area contributed by atoms with E-state index in [0.717, 1.165) is 6.07 Å². The lowest BCUT2D eigenvalue weighted by Crippen LogP contribution is -2.48. The van der Waals surface area contributed by atoms with E-state index in [1.54, 1.807) is 7.05 Å². The summed E-state index contributed by atoms with van der Waals surface area (Å²) in [5.41, 5.74) is -0.359. The molecule has 1 saturated heterocycles. The molecule has 0 radical (unpaired) electrons. The van der Waals surface area contributed by atoms with Gasteiger partial charge >= 0.3 is 0 Å². The fourth-order valence-corrected chi connectivity index (χ4v) is 2.13. The Balaban J connectivity index is 2.08. The summed E-state index contributed by atoms with van der Waals surface area (Å²) in [7, 11) is 1.65. The van der Waals surface area contributed by atoms with Gasteiger partial charge in [0.2, 0.25) is 5.91 Å². The van der Waals surface area contributed by atoms with Crippen LogP contribution < -0.4 is 5.32 Å². The number of halogens is 1. The molecule has 0 saturated carbocycles. The molecule has 5 nitrogen and oxygen atoms in total. The first-order valence-corrected chi connectivity index (χ1v) is 6.01. The number of carbonyl (C=O) groups excluding carboxylic acids is 2. The van der Waals surface area contributed by atoms with E-state index in [4.69, 9.17) is 0 Å². The Labute approximate surface area is 110 Å². The predicted molar refractivity (Wildman–Crippen MR) is 66.2 cm³/mol. The highest BCUT2D eigenvalue weighted by Gasteiger charge is 2.26. The minimum Gasteiger partial charge on any atom is -0.507 e. The maximum atomic E-state index is 13.5. The van der Waals surface area contributed by atoms with Crippen LogP contribution in [0.3, 0.4) is 0 Å². The zero-order valence-electron chi connectivity index (χ0n) is 10.5. The van der Waals surface area contributed by atoms with Crippen molar-refractivity contribution in [3.8, 4) is 5.75 Å². The second kappa shape index (κ2) is 5.26. The molecule has 1 heterocycles. The highest BCUT2D eigenvalue weighted by Crippen LogP contribution is 2.20. The largest absolute Gasteiger partial charge is 0.507 e. The standard InChI is InChI=1S/C13H15FN2O3/c1-16-7-8(5-6-11(16)18)15-13(19)12-9(14)3-2-4-10(12)17/h2-4,8,17H,5-7H2,1H3,(H,15,19). The molecule has 102 valence electrons. The monoisotopic (exact) mass is 266 g/mol. The summed E-state index contributed by atoms with van der Waals surface area (Å²) in [6.45, 7) is 0.389. The molecule has 2 amide bonds. The lowest BCUT2D eigenvalue weighted by molar-refractivity contribution is -0.132. The summed E-state index contributed by atoms with van der Waals surface area (Å²) >= 11 is 0. The minimum atomic E-state index is -0.766. The smallest absolute Gasteiger partial charge is 0.258 e. The third-order valence-electron chi connectivity index (χ3n) is 3.18. The molecule has 0 aliphatic carbocycles. The van der Waals surface area contributed by atoms with Gasteiger partial charge in [-0.2, -0.15) is 0 Å². The lowest BCUT2D eigenvalue weighted by atomic mass is 10.0. The van der Waals surface area contributed by atoms with Crippen LogP contribution in [0.5, 0.6) is 5.75 Å². The molecular weight excluding hydrogens is 251 g/mol. The summed E-state index contributed by atoms with van der Waals surface area (Å²) in [5.74, 6) is -1.79. The van der Waals surface area contributed by atoms with Crippen LogP contribution in [-0.2, 0) is 4.79 Å². The predicted octanol–water partition coefficient (Wildman–Crippen LogP) is 0.882. The van der Waals surface area contributed by atoms with Gasteiger partial charge in [0.05, 0.1) is 0 Å². The van der Waals surface area contributed by atoms with Gasteiger partial charge in [-0.15, -0.1) is 0 Å². The van der Waals surface area contributed by atoms with E-state index < -0.39 is 17.5 Å². The van der Waals surface area contributed by atoms with Crippen LogP contribution in [0.1, 0.15) is 23.2 Å². The van der Waals surface area contributed by atoms with E-state index in [9.17, 15) is 19.1 Å². The van der Waals surface area contributed by atoms with E-state index in [-0.39, 0.29) is 17.5 Å². The molecule has 1 atom stereocenters. The third kappa shape index (κ3) is 2.83. The van der Waals surface area contributed by atoms with Gasteiger partial charge in [0.25, 0.3) is 5.91 Å². The molecule has 0 aromatic heterocycles. The first kappa shape index (κ1) is 13.3. The number of phenolic OH excluding ortho intramolecular Hbond substituents is 1. The SMILES string of the molecule is CN1CC(NC(=O)c2c(O)cccc2F)CCC1=O. The molecule has 6 heteroatoms. The Hall–Kier alpha value is -2.11. The molecule has 19 heavy (non-hydrogen) atoms.